The van der Waals surface area contributed by atoms with Crippen molar-refractivity contribution < 1.29 is 35.8 Å². The van der Waals surface area contributed by atoms with Gasteiger partial charge in [-0.3, -0.25) is 4.79 Å². The Balaban J connectivity index is 0.00000533. The summed E-state index contributed by atoms with van der Waals surface area (Å²) in [5.41, 5.74) is 4.02. The zero-order valence-electron chi connectivity index (χ0n) is 23.4. The Morgan fingerprint density at radius 2 is 1.44 bits per heavy atom. The van der Waals surface area contributed by atoms with Gasteiger partial charge in [-0.1, -0.05) is 107 Å². The molecule has 3 rings (SSSR count). The van der Waals surface area contributed by atoms with E-state index in [-0.39, 0.29) is 29.5 Å². The summed E-state index contributed by atoms with van der Waals surface area (Å²) in [5, 5.41) is 4.94. The number of carbonyl (C=O) groups excluding carboxylic acids is 1. The van der Waals surface area contributed by atoms with Crippen LogP contribution in [0.5, 0.6) is 11.5 Å². The van der Waals surface area contributed by atoms with Crippen molar-refractivity contribution in [2.24, 2.45) is 0 Å². The molecule has 0 spiro atoms. The second-order valence-electron chi connectivity index (χ2n) is 9.95. The third-order valence-corrected chi connectivity index (χ3v) is 7.24. The van der Waals surface area contributed by atoms with Gasteiger partial charge in [-0.15, -0.1) is 0 Å². The molecule has 1 heterocycles. The minimum Gasteiger partial charge on any atom is -1.00 e. The maximum absolute atomic E-state index is 12.4. The van der Waals surface area contributed by atoms with Crippen molar-refractivity contribution in [2.75, 3.05) is 18.5 Å². The maximum Gasteiger partial charge on any atom is 0.262 e. The molecule has 0 aliphatic carbocycles. The molecule has 2 aromatic carbocycles. The minimum absolute atomic E-state index is 0. The SMILES string of the molecule is CCCCCCCCCCCCCCOc1cccc(OCC(=O)Nc2ccc(C[n+]3ccsc3)cc2)c1.[Br-]. The van der Waals surface area contributed by atoms with Crippen LogP contribution >= 0.6 is 11.3 Å². The molecule has 0 bridgehead atoms. The Labute approximate surface area is 249 Å². The summed E-state index contributed by atoms with van der Waals surface area (Å²) >= 11 is 1.67. The fraction of sp³-hybridized carbons (Fsp3) is 0.500. The van der Waals surface area contributed by atoms with E-state index >= 15 is 0 Å². The minimum atomic E-state index is -0.187. The fourth-order valence-electron chi connectivity index (χ4n) is 4.39. The number of carbonyl (C=O) groups is 1. The number of halogens is 1. The largest absolute Gasteiger partial charge is 1.00 e. The smallest absolute Gasteiger partial charge is 0.262 e. The van der Waals surface area contributed by atoms with Gasteiger partial charge in [0.2, 0.25) is 5.51 Å². The highest BCUT2D eigenvalue weighted by Crippen LogP contribution is 2.20. The van der Waals surface area contributed by atoms with E-state index in [4.69, 9.17) is 9.47 Å². The van der Waals surface area contributed by atoms with Gasteiger partial charge in [-0.05, 0) is 30.7 Å². The number of aromatic nitrogens is 1. The van der Waals surface area contributed by atoms with Gasteiger partial charge in [0, 0.05) is 17.3 Å². The molecule has 1 amide bonds. The van der Waals surface area contributed by atoms with Gasteiger partial charge in [0.1, 0.15) is 11.5 Å². The van der Waals surface area contributed by atoms with Gasteiger partial charge in [0.05, 0.1) is 12.0 Å². The van der Waals surface area contributed by atoms with Crippen molar-refractivity contribution in [3.63, 3.8) is 0 Å². The summed E-state index contributed by atoms with van der Waals surface area (Å²) in [6, 6.07) is 15.4. The molecular formula is C32H45BrN2O3S. The lowest BCUT2D eigenvalue weighted by Gasteiger charge is -2.10. The summed E-state index contributed by atoms with van der Waals surface area (Å²) < 4.78 is 13.7. The Hall–Kier alpha value is -2.38. The molecule has 1 N–H and O–H groups in total. The molecule has 7 heteroatoms. The van der Waals surface area contributed by atoms with E-state index < -0.39 is 0 Å². The van der Waals surface area contributed by atoms with Crippen LogP contribution in [0.2, 0.25) is 0 Å². The van der Waals surface area contributed by atoms with Crippen LogP contribution < -0.4 is 36.3 Å². The molecule has 0 aliphatic heterocycles. The van der Waals surface area contributed by atoms with Gasteiger partial charge in [0.15, 0.2) is 19.3 Å². The molecule has 3 aromatic rings. The first-order chi connectivity index (χ1) is 18.7. The summed E-state index contributed by atoms with van der Waals surface area (Å²) in [6.07, 6.45) is 18.0. The molecule has 5 nitrogen and oxygen atoms in total. The number of unbranched alkanes of at least 4 members (excludes halogenated alkanes) is 11. The normalized spacial score (nSPS) is 10.6. The van der Waals surface area contributed by atoms with E-state index in [1.165, 1.54) is 76.2 Å². The molecule has 0 saturated heterocycles. The van der Waals surface area contributed by atoms with Crippen LogP contribution in [0.4, 0.5) is 5.69 Å². The van der Waals surface area contributed by atoms with E-state index in [0.29, 0.717) is 12.4 Å². The lowest BCUT2D eigenvalue weighted by molar-refractivity contribution is -0.683. The second kappa shape index (κ2) is 20.5. The Morgan fingerprint density at radius 3 is 2.05 bits per heavy atom. The van der Waals surface area contributed by atoms with Crippen molar-refractivity contribution in [3.8, 4) is 11.5 Å². The lowest BCUT2D eigenvalue weighted by atomic mass is 10.1. The predicted molar refractivity (Wildman–Crippen MR) is 157 cm³/mol. The number of ether oxygens (including phenoxy) is 2. The first-order valence-corrected chi connectivity index (χ1v) is 15.3. The number of nitrogens with one attached hydrogen (secondary N) is 1. The van der Waals surface area contributed by atoms with Gasteiger partial charge >= 0.3 is 0 Å². The fourth-order valence-corrected chi connectivity index (χ4v) is 4.99. The monoisotopic (exact) mass is 616 g/mol. The van der Waals surface area contributed by atoms with Crippen LogP contribution in [0, 0.1) is 0 Å². The first kappa shape index (κ1) is 32.8. The average Bonchev–Trinajstić information content (AvgIpc) is 3.45. The predicted octanol–water partition coefficient (Wildman–Crippen LogP) is 5.19. The number of anilines is 1. The van der Waals surface area contributed by atoms with Crippen LogP contribution in [0.15, 0.2) is 65.6 Å². The van der Waals surface area contributed by atoms with Crippen LogP contribution in [0.1, 0.15) is 89.5 Å². The highest BCUT2D eigenvalue weighted by atomic mass is 79.9. The van der Waals surface area contributed by atoms with Gasteiger partial charge in [0.25, 0.3) is 5.91 Å². The zero-order chi connectivity index (χ0) is 26.7. The number of amides is 1. The molecular weight excluding hydrogens is 572 g/mol. The number of rotatable bonds is 20. The zero-order valence-corrected chi connectivity index (χ0v) is 25.8. The van der Waals surface area contributed by atoms with E-state index in [0.717, 1.165) is 24.4 Å². The van der Waals surface area contributed by atoms with Crippen molar-refractivity contribution in [3.05, 3.63) is 71.2 Å². The summed E-state index contributed by atoms with van der Waals surface area (Å²) in [7, 11) is 0. The van der Waals surface area contributed by atoms with E-state index in [1.54, 1.807) is 11.3 Å². The summed E-state index contributed by atoms with van der Waals surface area (Å²) in [6.45, 7) is 3.75. The first-order valence-electron chi connectivity index (χ1n) is 14.4. The highest BCUT2D eigenvalue weighted by Gasteiger charge is 2.07. The van der Waals surface area contributed by atoms with Crippen LogP contribution in [0.25, 0.3) is 0 Å². The molecule has 214 valence electrons. The van der Waals surface area contributed by atoms with Crippen molar-refractivity contribution >= 4 is 22.9 Å². The molecule has 0 fully saturated rings. The number of thiazole rings is 1. The molecule has 0 aliphatic rings. The molecule has 0 saturated carbocycles. The number of nitrogens with zero attached hydrogens (tertiary/aromatic N) is 1. The van der Waals surface area contributed by atoms with Gasteiger partial charge in [-0.25, -0.2) is 0 Å². The van der Waals surface area contributed by atoms with E-state index in [9.17, 15) is 4.79 Å². The molecule has 0 unspecified atom stereocenters. The topological polar surface area (TPSA) is 51.4 Å². The van der Waals surface area contributed by atoms with Gasteiger partial charge in [-0.2, -0.15) is 4.57 Å². The van der Waals surface area contributed by atoms with Crippen LogP contribution in [0.3, 0.4) is 0 Å². The standard InChI is InChI=1S/C32H44N2O3S.BrH/c1-2-3-4-5-6-7-8-9-10-11-12-13-22-36-30-15-14-16-31(24-30)37-26-32(35)33-29-19-17-28(18-20-29)25-34-21-23-38-27-34;/h14-21,23-24,27H,2-13,22,25-26H2,1H3;1H. The third kappa shape index (κ3) is 14.5. The van der Waals surface area contributed by atoms with Crippen molar-refractivity contribution in [1.82, 2.24) is 0 Å². The summed E-state index contributed by atoms with van der Waals surface area (Å²) in [4.78, 5) is 12.4. The Kier molecular flexibility index (Phi) is 17.3. The quantitative estimate of drug-likeness (QED) is 0.140. The molecule has 0 atom stereocenters. The van der Waals surface area contributed by atoms with Crippen molar-refractivity contribution in [2.45, 2.75) is 90.5 Å². The maximum atomic E-state index is 12.4. The summed E-state index contributed by atoms with van der Waals surface area (Å²) in [5.74, 6) is 1.23. The van der Waals surface area contributed by atoms with Gasteiger partial charge < -0.3 is 31.8 Å². The molecule has 39 heavy (non-hydrogen) atoms. The van der Waals surface area contributed by atoms with E-state index in [2.05, 4.69) is 33.9 Å². The lowest BCUT2D eigenvalue weighted by Crippen LogP contribution is -3.00. The number of hydrogen-bond acceptors (Lipinski definition) is 4. The Bertz CT molecular complexity index is 1030. The molecule has 0 radical (unpaired) electrons. The number of hydrogen-bond donors (Lipinski definition) is 1. The average molecular weight is 618 g/mol. The van der Waals surface area contributed by atoms with Crippen molar-refractivity contribution in [1.29, 1.82) is 0 Å². The number of benzene rings is 2. The van der Waals surface area contributed by atoms with Crippen LogP contribution in [-0.4, -0.2) is 19.1 Å². The highest BCUT2D eigenvalue weighted by molar-refractivity contribution is 7.07. The van der Waals surface area contributed by atoms with Crippen LogP contribution in [-0.2, 0) is 11.3 Å². The molecule has 1 aromatic heterocycles. The van der Waals surface area contributed by atoms with E-state index in [1.807, 2.05) is 48.5 Å². The second-order valence-corrected chi connectivity index (χ2v) is 10.7. The third-order valence-electron chi connectivity index (χ3n) is 6.57. The Morgan fingerprint density at radius 1 is 0.821 bits per heavy atom.